The van der Waals surface area contributed by atoms with Crippen LogP contribution in [0, 0.1) is 6.92 Å². The second-order valence-corrected chi connectivity index (χ2v) is 7.95. The molecule has 0 saturated carbocycles. The average molecular weight is 475 g/mol. The molecule has 0 spiro atoms. The van der Waals surface area contributed by atoms with Gasteiger partial charge in [0.15, 0.2) is 0 Å². The summed E-state index contributed by atoms with van der Waals surface area (Å²) in [5.74, 6) is -0.608. The average Bonchev–Trinajstić information content (AvgIpc) is 2.75. The highest BCUT2D eigenvalue weighted by Gasteiger charge is 2.25. The van der Waals surface area contributed by atoms with Crippen LogP contribution in [0.1, 0.15) is 32.7 Å². The van der Waals surface area contributed by atoms with Crippen LogP contribution in [-0.2, 0) is 4.79 Å². The molecule has 0 radical (unpaired) electrons. The van der Waals surface area contributed by atoms with Crippen LogP contribution < -0.4 is 4.74 Å². The predicted molar refractivity (Wildman–Crippen MR) is 115 cm³/mol. The molecule has 1 saturated heterocycles. The van der Waals surface area contributed by atoms with Crippen LogP contribution in [0.15, 0.2) is 46.9 Å². The smallest absolute Gasteiger partial charge is 0.335 e. The standard InChI is InChI=1S/C22H23BrN2O5/c1-15-5-6-19(18(23)13-15)30-12-7-20(26)24-8-10-25(11-9-24)21(27)16-3-2-4-17(14-16)22(28)29/h2-6,13-14H,7-12H2,1H3,(H,28,29). The van der Waals surface area contributed by atoms with Gasteiger partial charge in [-0.1, -0.05) is 12.1 Å². The predicted octanol–water partition coefficient (Wildman–Crippen LogP) is 3.21. The molecular formula is C22H23BrN2O5. The van der Waals surface area contributed by atoms with Gasteiger partial charge in [0.1, 0.15) is 5.75 Å². The maximum absolute atomic E-state index is 12.6. The molecule has 1 aliphatic rings. The summed E-state index contributed by atoms with van der Waals surface area (Å²) in [4.78, 5) is 39.6. The Hall–Kier alpha value is -2.87. The van der Waals surface area contributed by atoms with E-state index < -0.39 is 5.97 Å². The maximum Gasteiger partial charge on any atom is 0.335 e. The third kappa shape index (κ3) is 5.38. The van der Waals surface area contributed by atoms with Crippen molar-refractivity contribution in [1.82, 2.24) is 9.80 Å². The van der Waals surface area contributed by atoms with Crippen molar-refractivity contribution in [2.45, 2.75) is 13.3 Å². The van der Waals surface area contributed by atoms with E-state index in [0.717, 1.165) is 10.0 Å². The van der Waals surface area contributed by atoms with Gasteiger partial charge in [-0.2, -0.15) is 0 Å². The van der Waals surface area contributed by atoms with Crippen molar-refractivity contribution in [2.24, 2.45) is 0 Å². The van der Waals surface area contributed by atoms with Gasteiger partial charge < -0.3 is 19.6 Å². The monoisotopic (exact) mass is 474 g/mol. The van der Waals surface area contributed by atoms with Gasteiger partial charge in [0, 0.05) is 31.7 Å². The molecule has 1 heterocycles. The number of carboxylic acids is 1. The summed E-state index contributed by atoms with van der Waals surface area (Å²) in [5.41, 5.74) is 1.54. The largest absolute Gasteiger partial charge is 0.492 e. The summed E-state index contributed by atoms with van der Waals surface area (Å²) >= 11 is 3.45. The Balaban J connectivity index is 1.47. The summed E-state index contributed by atoms with van der Waals surface area (Å²) in [6.07, 6.45) is 0.259. The second-order valence-electron chi connectivity index (χ2n) is 7.09. The number of ether oxygens (including phenoxy) is 1. The first-order valence-corrected chi connectivity index (χ1v) is 10.4. The summed E-state index contributed by atoms with van der Waals surface area (Å²) in [5, 5.41) is 9.09. The Morgan fingerprint density at radius 2 is 1.67 bits per heavy atom. The van der Waals surface area contributed by atoms with Crippen LogP contribution in [-0.4, -0.2) is 65.5 Å². The number of rotatable bonds is 6. The number of carbonyl (C=O) groups is 3. The number of aromatic carboxylic acids is 1. The molecule has 1 aliphatic heterocycles. The van der Waals surface area contributed by atoms with Gasteiger partial charge >= 0.3 is 5.97 Å². The second kappa shape index (κ2) is 9.75. The normalized spacial score (nSPS) is 13.8. The van der Waals surface area contributed by atoms with E-state index in [1.54, 1.807) is 21.9 Å². The van der Waals surface area contributed by atoms with E-state index in [4.69, 9.17) is 9.84 Å². The quantitative estimate of drug-likeness (QED) is 0.694. The van der Waals surface area contributed by atoms with Crippen LogP contribution >= 0.6 is 15.9 Å². The summed E-state index contributed by atoms with van der Waals surface area (Å²) < 4.78 is 6.55. The molecule has 8 heteroatoms. The first kappa shape index (κ1) is 21.8. The van der Waals surface area contributed by atoms with Crippen molar-refractivity contribution in [1.29, 1.82) is 0 Å². The van der Waals surface area contributed by atoms with Crippen LogP contribution in [0.4, 0.5) is 0 Å². The zero-order valence-corrected chi connectivity index (χ0v) is 18.2. The third-order valence-corrected chi connectivity index (χ3v) is 5.56. The van der Waals surface area contributed by atoms with E-state index in [-0.39, 0.29) is 30.4 Å². The SMILES string of the molecule is Cc1ccc(OCCC(=O)N2CCN(C(=O)c3cccc(C(=O)O)c3)CC2)c(Br)c1. The number of carboxylic acid groups (broad SMARTS) is 1. The first-order valence-electron chi connectivity index (χ1n) is 9.64. The molecule has 2 aromatic carbocycles. The molecule has 0 bridgehead atoms. The van der Waals surface area contributed by atoms with Gasteiger partial charge in [-0.05, 0) is 58.7 Å². The van der Waals surface area contributed by atoms with Gasteiger partial charge in [0.2, 0.25) is 5.91 Å². The van der Waals surface area contributed by atoms with Crippen molar-refractivity contribution < 1.29 is 24.2 Å². The Bertz CT molecular complexity index is 954. The molecule has 30 heavy (non-hydrogen) atoms. The highest BCUT2D eigenvalue weighted by Crippen LogP contribution is 2.25. The van der Waals surface area contributed by atoms with Gasteiger partial charge in [-0.25, -0.2) is 4.79 Å². The number of hydrogen-bond donors (Lipinski definition) is 1. The highest BCUT2D eigenvalue weighted by molar-refractivity contribution is 9.10. The number of amides is 2. The molecule has 7 nitrogen and oxygen atoms in total. The lowest BCUT2D eigenvalue weighted by atomic mass is 10.1. The topological polar surface area (TPSA) is 87.2 Å². The number of benzene rings is 2. The maximum atomic E-state index is 12.6. The van der Waals surface area contributed by atoms with E-state index in [2.05, 4.69) is 15.9 Å². The van der Waals surface area contributed by atoms with Gasteiger partial charge in [0.25, 0.3) is 5.91 Å². The van der Waals surface area contributed by atoms with Crippen LogP contribution in [0.5, 0.6) is 5.75 Å². The van der Waals surface area contributed by atoms with Crippen LogP contribution in [0.3, 0.4) is 0 Å². The highest BCUT2D eigenvalue weighted by atomic mass is 79.9. The molecule has 3 rings (SSSR count). The summed E-state index contributed by atoms with van der Waals surface area (Å²) in [6.45, 7) is 3.97. The molecule has 0 atom stereocenters. The van der Waals surface area contributed by atoms with Crippen molar-refractivity contribution in [2.75, 3.05) is 32.8 Å². The van der Waals surface area contributed by atoms with E-state index in [1.165, 1.54) is 12.1 Å². The number of piperazine rings is 1. The van der Waals surface area contributed by atoms with Gasteiger partial charge in [-0.3, -0.25) is 9.59 Å². The molecular weight excluding hydrogens is 452 g/mol. The van der Waals surface area contributed by atoms with Crippen molar-refractivity contribution in [3.8, 4) is 5.75 Å². The summed E-state index contributed by atoms with van der Waals surface area (Å²) in [6, 6.07) is 11.8. The number of carbonyl (C=O) groups excluding carboxylic acids is 2. The number of hydrogen-bond acceptors (Lipinski definition) is 4. The molecule has 0 aliphatic carbocycles. The van der Waals surface area contributed by atoms with E-state index in [1.807, 2.05) is 25.1 Å². The number of aryl methyl sites for hydroxylation is 1. The first-order chi connectivity index (χ1) is 14.3. The Labute approximate surface area is 183 Å². The summed E-state index contributed by atoms with van der Waals surface area (Å²) in [7, 11) is 0. The minimum Gasteiger partial charge on any atom is -0.492 e. The lowest BCUT2D eigenvalue weighted by molar-refractivity contribution is -0.133. The number of halogens is 1. The molecule has 1 N–H and O–H groups in total. The molecule has 158 valence electrons. The molecule has 2 aromatic rings. The van der Waals surface area contributed by atoms with E-state index in [0.29, 0.717) is 37.5 Å². The Kier molecular flexibility index (Phi) is 7.10. The minimum absolute atomic E-state index is 0.0155. The lowest BCUT2D eigenvalue weighted by Crippen LogP contribution is -2.50. The fourth-order valence-corrected chi connectivity index (χ4v) is 3.86. The van der Waals surface area contributed by atoms with E-state index in [9.17, 15) is 14.4 Å². The number of nitrogens with zero attached hydrogens (tertiary/aromatic N) is 2. The fourth-order valence-electron chi connectivity index (χ4n) is 3.26. The Morgan fingerprint density at radius 3 is 2.33 bits per heavy atom. The zero-order valence-electron chi connectivity index (χ0n) is 16.6. The van der Waals surface area contributed by atoms with Crippen molar-refractivity contribution >= 4 is 33.7 Å². The molecule has 0 aromatic heterocycles. The van der Waals surface area contributed by atoms with Crippen LogP contribution in [0.2, 0.25) is 0 Å². The van der Waals surface area contributed by atoms with Crippen molar-refractivity contribution in [3.05, 3.63) is 63.6 Å². The fraction of sp³-hybridized carbons (Fsp3) is 0.318. The minimum atomic E-state index is -1.07. The third-order valence-electron chi connectivity index (χ3n) is 4.94. The Morgan fingerprint density at radius 1 is 1.00 bits per heavy atom. The van der Waals surface area contributed by atoms with E-state index >= 15 is 0 Å². The van der Waals surface area contributed by atoms with Crippen LogP contribution in [0.25, 0.3) is 0 Å². The lowest BCUT2D eigenvalue weighted by Gasteiger charge is -2.35. The molecule has 2 amide bonds. The molecule has 0 unspecified atom stereocenters. The van der Waals surface area contributed by atoms with Gasteiger partial charge in [0.05, 0.1) is 23.1 Å². The molecule has 1 fully saturated rings. The zero-order chi connectivity index (χ0) is 21.7. The van der Waals surface area contributed by atoms with Gasteiger partial charge in [-0.15, -0.1) is 0 Å². The van der Waals surface area contributed by atoms with Crippen molar-refractivity contribution in [3.63, 3.8) is 0 Å².